The highest BCUT2D eigenvalue weighted by Gasteiger charge is 2.14. The molecular formula is C27H29N5O7. The van der Waals surface area contributed by atoms with Crippen LogP contribution in [0.4, 0.5) is 21.0 Å². The number of ether oxygens (including phenoxy) is 4. The van der Waals surface area contributed by atoms with Crippen molar-refractivity contribution in [2.24, 2.45) is 5.73 Å². The lowest BCUT2D eigenvalue weighted by molar-refractivity contribution is 0.0631. The topological polar surface area (TPSA) is 154 Å². The highest BCUT2D eigenvalue weighted by Crippen LogP contribution is 2.30. The van der Waals surface area contributed by atoms with E-state index in [2.05, 4.69) is 25.3 Å². The fourth-order valence-corrected chi connectivity index (χ4v) is 3.92. The lowest BCUT2D eigenvalue weighted by atomic mass is 10.2. The van der Waals surface area contributed by atoms with Crippen LogP contribution in [0, 0.1) is 0 Å². The van der Waals surface area contributed by atoms with Crippen LogP contribution in [0.3, 0.4) is 0 Å². The van der Waals surface area contributed by atoms with Gasteiger partial charge in [-0.15, -0.1) is 0 Å². The number of nitrogens with one attached hydrogen (secondary N) is 2. The number of pyridine rings is 1. The highest BCUT2D eigenvalue weighted by molar-refractivity contribution is 6.00. The van der Waals surface area contributed by atoms with E-state index < -0.39 is 18.1 Å². The van der Waals surface area contributed by atoms with Crippen LogP contribution in [0.25, 0.3) is 0 Å². The average molecular weight is 536 g/mol. The van der Waals surface area contributed by atoms with Gasteiger partial charge in [0.25, 0.3) is 0 Å². The van der Waals surface area contributed by atoms with Crippen LogP contribution in [-0.2, 0) is 4.74 Å². The fourth-order valence-electron chi connectivity index (χ4n) is 3.92. The first-order chi connectivity index (χ1) is 18.9. The minimum atomic E-state index is -1.23. The van der Waals surface area contributed by atoms with Crippen molar-refractivity contribution in [1.29, 1.82) is 0 Å². The van der Waals surface area contributed by atoms with Gasteiger partial charge >= 0.3 is 18.1 Å². The molecule has 3 amide bonds. The smallest absolute Gasteiger partial charge is 0.412 e. The molecule has 0 radical (unpaired) electrons. The zero-order valence-electron chi connectivity index (χ0n) is 21.3. The van der Waals surface area contributed by atoms with Gasteiger partial charge in [-0.1, -0.05) is 0 Å². The standard InChI is InChI=1S/C27H29N5O7/c1-36-23-9-6-19(16-24(23)37-15-14-32-12-2-3-13-32)31-27(35)30-18-4-7-20(8-5-18)38-21-10-11-29-22(17-21)25(33)39-26(28)34/h4-11,16-17H,2-3,12-15H2,1H3,(H2,28,34)(H2,30,31,35). The van der Waals surface area contributed by atoms with Crippen molar-refractivity contribution in [2.45, 2.75) is 12.8 Å². The number of hydrogen-bond acceptors (Lipinski definition) is 9. The van der Waals surface area contributed by atoms with Gasteiger partial charge in [-0.25, -0.2) is 19.4 Å². The number of methoxy groups -OCH3 is 1. The Kier molecular flexibility index (Phi) is 9.14. The molecule has 1 aliphatic heterocycles. The van der Waals surface area contributed by atoms with Gasteiger partial charge in [0.05, 0.1) is 7.11 Å². The summed E-state index contributed by atoms with van der Waals surface area (Å²) in [6, 6.07) is 14.2. The molecule has 1 fully saturated rings. The molecule has 3 aromatic rings. The first-order valence-electron chi connectivity index (χ1n) is 12.3. The Bertz CT molecular complexity index is 1310. The van der Waals surface area contributed by atoms with E-state index in [1.165, 1.54) is 31.2 Å². The number of likely N-dealkylation sites (tertiary alicyclic amines) is 1. The molecule has 39 heavy (non-hydrogen) atoms. The molecule has 1 aliphatic rings. The Morgan fingerprint density at radius 1 is 0.923 bits per heavy atom. The number of hydrogen-bond donors (Lipinski definition) is 3. The number of amides is 3. The molecular weight excluding hydrogens is 506 g/mol. The van der Waals surface area contributed by atoms with Crippen molar-refractivity contribution in [3.05, 3.63) is 66.5 Å². The van der Waals surface area contributed by atoms with E-state index in [4.69, 9.17) is 19.9 Å². The van der Waals surface area contributed by atoms with Crippen molar-refractivity contribution >= 4 is 29.5 Å². The van der Waals surface area contributed by atoms with Gasteiger partial charge in [0, 0.05) is 36.2 Å². The van der Waals surface area contributed by atoms with Gasteiger partial charge in [-0.05, 0) is 68.4 Å². The molecule has 4 N–H and O–H groups in total. The number of benzene rings is 2. The van der Waals surface area contributed by atoms with Gasteiger partial charge in [-0.3, -0.25) is 4.90 Å². The Labute approximate surface area is 225 Å². The third kappa shape index (κ3) is 8.07. The highest BCUT2D eigenvalue weighted by atomic mass is 16.6. The molecule has 0 spiro atoms. The summed E-state index contributed by atoms with van der Waals surface area (Å²) in [4.78, 5) is 41.3. The maximum absolute atomic E-state index is 12.6. The van der Waals surface area contributed by atoms with E-state index in [-0.39, 0.29) is 11.4 Å². The molecule has 0 bridgehead atoms. The minimum absolute atomic E-state index is 0.139. The molecule has 1 aromatic heterocycles. The molecule has 0 atom stereocenters. The van der Waals surface area contributed by atoms with E-state index in [0.717, 1.165) is 19.6 Å². The number of anilines is 2. The number of carbonyl (C=O) groups excluding carboxylic acids is 3. The monoisotopic (exact) mass is 535 g/mol. The van der Waals surface area contributed by atoms with Crippen molar-refractivity contribution in [3.8, 4) is 23.0 Å². The Morgan fingerprint density at radius 3 is 2.36 bits per heavy atom. The number of carbonyl (C=O) groups is 3. The molecule has 204 valence electrons. The number of esters is 1. The van der Waals surface area contributed by atoms with E-state index >= 15 is 0 Å². The zero-order chi connectivity index (χ0) is 27.6. The molecule has 0 aliphatic carbocycles. The van der Waals surface area contributed by atoms with Crippen molar-refractivity contribution in [3.63, 3.8) is 0 Å². The van der Waals surface area contributed by atoms with Gasteiger partial charge in [-0.2, -0.15) is 0 Å². The van der Waals surface area contributed by atoms with E-state index in [1.807, 2.05) is 0 Å². The van der Waals surface area contributed by atoms with Crippen LogP contribution in [0.1, 0.15) is 23.3 Å². The average Bonchev–Trinajstić information content (AvgIpc) is 3.43. The van der Waals surface area contributed by atoms with Crippen LogP contribution in [0.15, 0.2) is 60.8 Å². The van der Waals surface area contributed by atoms with Crippen molar-refractivity contribution in [1.82, 2.24) is 9.88 Å². The quantitative estimate of drug-likeness (QED) is 0.255. The summed E-state index contributed by atoms with van der Waals surface area (Å²) in [5.41, 5.74) is 5.79. The fraction of sp³-hybridized carbons (Fsp3) is 0.259. The largest absolute Gasteiger partial charge is 0.493 e. The molecule has 12 nitrogen and oxygen atoms in total. The van der Waals surface area contributed by atoms with Gasteiger partial charge in [0.1, 0.15) is 18.1 Å². The Balaban J connectivity index is 1.30. The summed E-state index contributed by atoms with van der Waals surface area (Å²) in [6.45, 7) is 3.55. The lowest BCUT2D eigenvalue weighted by Crippen LogP contribution is -2.25. The normalized spacial score (nSPS) is 12.8. The number of aromatic nitrogens is 1. The second-order valence-corrected chi connectivity index (χ2v) is 8.55. The predicted molar refractivity (Wildman–Crippen MR) is 143 cm³/mol. The maximum Gasteiger partial charge on any atom is 0.412 e. The lowest BCUT2D eigenvalue weighted by Gasteiger charge is -2.17. The van der Waals surface area contributed by atoms with E-state index in [0.29, 0.717) is 35.2 Å². The summed E-state index contributed by atoms with van der Waals surface area (Å²) in [5.74, 6) is 0.878. The number of nitrogens with zero attached hydrogens (tertiary/aromatic N) is 2. The summed E-state index contributed by atoms with van der Waals surface area (Å²) in [5, 5.41) is 5.54. The summed E-state index contributed by atoms with van der Waals surface area (Å²) in [6.07, 6.45) is 2.54. The summed E-state index contributed by atoms with van der Waals surface area (Å²) < 4.78 is 21.3. The molecule has 4 rings (SSSR count). The van der Waals surface area contributed by atoms with Gasteiger partial charge in [0.15, 0.2) is 17.2 Å². The summed E-state index contributed by atoms with van der Waals surface area (Å²) in [7, 11) is 1.57. The second kappa shape index (κ2) is 13.1. The first-order valence-corrected chi connectivity index (χ1v) is 12.3. The van der Waals surface area contributed by atoms with Gasteiger partial charge in [0.2, 0.25) is 0 Å². The Hall–Kier alpha value is -4.84. The number of primary amides is 1. The number of urea groups is 1. The van der Waals surface area contributed by atoms with Crippen LogP contribution < -0.4 is 30.6 Å². The molecule has 0 saturated carbocycles. The molecule has 2 aromatic carbocycles. The SMILES string of the molecule is COc1ccc(NC(=O)Nc2ccc(Oc3ccnc(C(=O)OC(N)=O)c3)cc2)cc1OCCN1CCCC1. The van der Waals surface area contributed by atoms with Crippen LogP contribution in [-0.4, -0.2) is 61.3 Å². The minimum Gasteiger partial charge on any atom is -0.493 e. The number of nitrogens with two attached hydrogens (primary N) is 1. The van der Waals surface area contributed by atoms with Crippen LogP contribution in [0.2, 0.25) is 0 Å². The summed E-state index contributed by atoms with van der Waals surface area (Å²) >= 11 is 0. The molecule has 1 saturated heterocycles. The third-order valence-electron chi connectivity index (χ3n) is 5.77. The van der Waals surface area contributed by atoms with Crippen LogP contribution in [0.5, 0.6) is 23.0 Å². The molecule has 12 heteroatoms. The first kappa shape index (κ1) is 27.2. The predicted octanol–water partition coefficient (Wildman–Crippen LogP) is 4.24. The molecule has 2 heterocycles. The maximum atomic E-state index is 12.6. The second-order valence-electron chi connectivity index (χ2n) is 8.55. The molecule has 0 unspecified atom stereocenters. The van der Waals surface area contributed by atoms with E-state index in [1.54, 1.807) is 49.6 Å². The van der Waals surface area contributed by atoms with Gasteiger partial charge < -0.3 is 35.3 Å². The zero-order valence-corrected chi connectivity index (χ0v) is 21.3. The Morgan fingerprint density at radius 2 is 1.64 bits per heavy atom. The van der Waals surface area contributed by atoms with Crippen molar-refractivity contribution in [2.75, 3.05) is 44.0 Å². The number of rotatable bonds is 10. The third-order valence-corrected chi connectivity index (χ3v) is 5.77. The van der Waals surface area contributed by atoms with Crippen molar-refractivity contribution < 1.29 is 33.3 Å². The van der Waals surface area contributed by atoms with Crippen LogP contribution >= 0.6 is 0 Å². The van der Waals surface area contributed by atoms with E-state index in [9.17, 15) is 14.4 Å².